The van der Waals surface area contributed by atoms with Crippen LogP contribution in [0.3, 0.4) is 0 Å². The highest BCUT2D eigenvalue weighted by Gasteiger charge is 2.04. The molecular weight excluding hydrogens is 192 g/mol. The minimum absolute atomic E-state index is 0.126. The Morgan fingerprint density at radius 1 is 1.53 bits per heavy atom. The fraction of sp³-hybridized carbons (Fsp3) is 0.273. The van der Waals surface area contributed by atoms with Crippen LogP contribution in [0.2, 0.25) is 0 Å². The lowest BCUT2D eigenvalue weighted by Gasteiger charge is -2.07. The first-order chi connectivity index (χ1) is 7.13. The number of isocyanates is 1. The summed E-state index contributed by atoms with van der Waals surface area (Å²) >= 11 is 0. The minimum Gasteiger partial charge on any atom is -0.326 e. The molecule has 0 spiro atoms. The Labute approximate surface area is 88.0 Å². The normalized spacial score (nSPS) is 11.3. The van der Waals surface area contributed by atoms with Crippen molar-refractivity contribution in [3.8, 4) is 0 Å². The van der Waals surface area contributed by atoms with Gasteiger partial charge >= 0.3 is 0 Å². The molecule has 1 aromatic carbocycles. The second-order valence-corrected chi connectivity index (χ2v) is 3.20. The van der Waals surface area contributed by atoms with Crippen molar-refractivity contribution >= 4 is 17.7 Å². The average molecular weight is 204 g/mol. The topological polar surface area (TPSA) is 58.5 Å². The smallest absolute Gasteiger partial charge is 0.235 e. The fourth-order valence-corrected chi connectivity index (χ4v) is 1.23. The SMILES string of the molecule is CC(=O)Nc1cccc(C(C)N=C=O)c1. The molecule has 15 heavy (non-hydrogen) atoms. The maximum absolute atomic E-state index is 10.8. The van der Waals surface area contributed by atoms with Crippen LogP contribution in [0.15, 0.2) is 29.3 Å². The Bertz CT molecular complexity index is 409. The first-order valence-corrected chi connectivity index (χ1v) is 4.58. The quantitative estimate of drug-likeness (QED) is 0.605. The summed E-state index contributed by atoms with van der Waals surface area (Å²) in [6, 6.07) is 6.97. The summed E-state index contributed by atoms with van der Waals surface area (Å²) in [7, 11) is 0. The van der Waals surface area contributed by atoms with Gasteiger partial charge in [0.15, 0.2) is 0 Å². The molecule has 78 valence electrons. The van der Waals surface area contributed by atoms with Crippen LogP contribution in [0, 0.1) is 0 Å². The molecule has 4 nitrogen and oxygen atoms in total. The van der Waals surface area contributed by atoms with Crippen LogP contribution in [-0.4, -0.2) is 12.0 Å². The van der Waals surface area contributed by atoms with E-state index >= 15 is 0 Å². The van der Waals surface area contributed by atoms with Crippen molar-refractivity contribution in [3.05, 3.63) is 29.8 Å². The van der Waals surface area contributed by atoms with Gasteiger partial charge in [-0.05, 0) is 24.6 Å². The highest BCUT2D eigenvalue weighted by Crippen LogP contribution is 2.19. The molecule has 1 amide bonds. The maximum Gasteiger partial charge on any atom is 0.235 e. The van der Waals surface area contributed by atoms with Gasteiger partial charge in [0.2, 0.25) is 12.0 Å². The molecule has 0 saturated heterocycles. The number of amides is 1. The summed E-state index contributed by atoms with van der Waals surface area (Å²) in [6.07, 6.45) is 1.51. The van der Waals surface area contributed by atoms with Crippen LogP contribution in [0.4, 0.5) is 5.69 Å². The second-order valence-electron chi connectivity index (χ2n) is 3.20. The molecule has 1 atom stereocenters. The van der Waals surface area contributed by atoms with E-state index in [1.165, 1.54) is 13.0 Å². The van der Waals surface area contributed by atoms with Gasteiger partial charge in [-0.2, -0.15) is 4.99 Å². The second kappa shape index (κ2) is 5.08. The van der Waals surface area contributed by atoms with Gasteiger partial charge in [-0.25, -0.2) is 4.79 Å². The van der Waals surface area contributed by atoms with E-state index in [1.54, 1.807) is 25.1 Å². The van der Waals surface area contributed by atoms with E-state index in [1.807, 2.05) is 6.07 Å². The van der Waals surface area contributed by atoms with Crippen LogP contribution >= 0.6 is 0 Å². The number of carbonyl (C=O) groups is 1. The third kappa shape index (κ3) is 3.37. The van der Waals surface area contributed by atoms with Crippen molar-refractivity contribution in [1.29, 1.82) is 0 Å². The molecule has 0 saturated carbocycles. The average Bonchev–Trinajstić information content (AvgIpc) is 2.17. The minimum atomic E-state index is -0.240. The first-order valence-electron chi connectivity index (χ1n) is 4.58. The van der Waals surface area contributed by atoms with E-state index in [-0.39, 0.29) is 11.9 Å². The van der Waals surface area contributed by atoms with Gasteiger partial charge in [0.05, 0.1) is 6.04 Å². The number of anilines is 1. The molecule has 0 fully saturated rings. The van der Waals surface area contributed by atoms with Crippen molar-refractivity contribution in [1.82, 2.24) is 0 Å². The highest BCUT2D eigenvalue weighted by atomic mass is 16.1. The third-order valence-electron chi connectivity index (χ3n) is 1.94. The lowest BCUT2D eigenvalue weighted by Crippen LogP contribution is -2.06. The monoisotopic (exact) mass is 204 g/mol. The molecule has 1 aromatic rings. The van der Waals surface area contributed by atoms with E-state index < -0.39 is 0 Å². The number of aliphatic imine (C=N–C) groups is 1. The highest BCUT2D eigenvalue weighted by molar-refractivity contribution is 5.88. The van der Waals surface area contributed by atoms with E-state index in [4.69, 9.17) is 0 Å². The summed E-state index contributed by atoms with van der Waals surface area (Å²) in [5, 5.41) is 2.66. The molecule has 0 aliphatic carbocycles. The zero-order chi connectivity index (χ0) is 11.3. The Morgan fingerprint density at radius 2 is 2.27 bits per heavy atom. The lowest BCUT2D eigenvalue weighted by molar-refractivity contribution is -0.114. The number of benzene rings is 1. The summed E-state index contributed by atoms with van der Waals surface area (Å²) < 4.78 is 0. The molecule has 1 unspecified atom stereocenters. The van der Waals surface area contributed by atoms with Crippen LogP contribution in [0.25, 0.3) is 0 Å². The Kier molecular flexibility index (Phi) is 3.77. The van der Waals surface area contributed by atoms with Gasteiger partial charge in [0, 0.05) is 12.6 Å². The molecule has 0 aliphatic heterocycles. The van der Waals surface area contributed by atoms with Gasteiger partial charge in [0.25, 0.3) is 0 Å². The zero-order valence-electron chi connectivity index (χ0n) is 8.65. The van der Waals surface area contributed by atoms with Gasteiger partial charge in [0.1, 0.15) is 0 Å². The number of nitrogens with one attached hydrogen (secondary N) is 1. The molecule has 0 radical (unpaired) electrons. The van der Waals surface area contributed by atoms with Crippen molar-refractivity contribution in [2.45, 2.75) is 19.9 Å². The summed E-state index contributed by atoms with van der Waals surface area (Å²) in [6.45, 7) is 3.23. The van der Waals surface area contributed by atoms with Gasteiger partial charge in [-0.3, -0.25) is 4.79 Å². The first kappa shape index (κ1) is 11.1. The van der Waals surface area contributed by atoms with Gasteiger partial charge in [-0.15, -0.1) is 0 Å². The van der Waals surface area contributed by atoms with E-state index in [2.05, 4.69) is 10.3 Å². The standard InChI is InChI=1S/C11H12N2O2/c1-8(12-7-14)10-4-3-5-11(6-10)13-9(2)15/h3-6,8H,1-2H3,(H,13,15). The number of nitrogens with zero attached hydrogens (tertiary/aromatic N) is 1. The summed E-state index contributed by atoms with van der Waals surface area (Å²) in [5.41, 5.74) is 1.57. The van der Waals surface area contributed by atoms with Crippen molar-refractivity contribution in [2.75, 3.05) is 5.32 Å². The summed E-state index contributed by atoms with van der Waals surface area (Å²) in [4.78, 5) is 24.5. The molecule has 0 bridgehead atoms. The maximum atomic E-state index is 10.8. The van der Waals surface area contributed by atoms with E-state index in [0.29, 0.717) is 5.69 Å². The molecular formula is C11H12N2O2. The molecule has 0 aromatic heterocycles. The number of rotatable bonds is 3. The molecule has 0 heterocycles. The largest absolute Gasteiger partial charge is 0.326 e. The van der Waals surface area contributed by atoms with Crippen molar-refractivity contribution in [2.24, 2.45) is 4.99 Å². The molecule has 1 rings (SSSR count). The predicted molar refractivity (Wildman–Crippen MR) is 57.3 cm³/mol. The molecule has 4 heteroatoms. The molecule has 1 N–H and O–H groups in total. The Balaban J connectivity index is 2.91. The number of carbonyl (C=O) groups excluding carboxylic acids is 2. The molecule has 0 aliphatic rings. The fourth-order valence-electron chi connectivity index (χ4n) is 1.23. The van der Waals surface area contributed by atoms with E-state index in [9.17, 15) is 9.59 Å². The Hall–Kier alpha value is -1.93. The van der Waals surface area contributed by atoms with Crippen LogP contribution in [0.1, 0.15) is 25.5 Å². The van der Waals surface area contributed by atoms with Gasteiger partial charge in [-0.1, -0.05) is 12.1 Å². The zero-order valence-corrected chi connectivity index (χ0v) is 8.65. The number of hydrogen-bond acceptors (Lipinski definition) is 3. The Morgan fingerprint density at radius 3 is 2.87 bits per heavy atom. The van der Waals surface area contributed by atoms with Gasteiger partial charge < -0.3 is 5.32 Å². The third-order valence-corrected chi connectivity index (χ3v) is 1.94. The predicted octanol–water partition coefficient (Wildman–Crippen LogP) is 2.04. The van der Waals surface area contributed by atoms with Crippen LogP contribution in [0.5, 0.6) is 0 Å². The van der Waals surface area contributed by atoms with Crippen molar-refractivity contribution < 1.29 is 9.59 Å². The van der Waals surface area contributed by atoms with E-state index in [0.717, 1.165) is 5.56 Å². The number of hydrogen-bond donors (Lipinski definition) is 1. The summed E-state index contributed by atoms with van der Waals surface area (Å²) in [5.74, 6) is -0.126. The van der Waals surface area contributed by atoms with Crippen molar-refractivity contribution in [3.63, 3.8) is 0 Å². The lowest BCUT2D eigenvalue weighted by atomic mass is 10.1. The van der Waals surface area contributed by atoms with Crippen LogP contribution < -0.4 is 5.32 Å². The van der Waals surface area contributed by atoms with Crippen LogP contribution in [-0.2, 0) is 9.59 Å².